The Labute approximate surface area is 261 Å². The summed E-state index contributed by atoms with van der Waals surface area (Å²) in [6.07, 6.45) is 2.83. The molecule has 0 aliphatic carbocycles. The molecule has 0 bridgehead atoms. The van der Waals surface area contributed by atoms with Crippen molar-refractivity contribution in [2.75, 3.05) is 31.8 Å². The highest BCUT2D eigenvalue weighted by Crippen LogP contribution is 2.36. The van der Waals surface area contributed by atoms with Crippen molar-refractivity contribution in [3.05, 3.63) is 94.2 Å². The van der Waals surface area contributed by atoms with Gasteiger partial charge in [-0.1, -0.05) is 12.1 Å². The number of morpholine rings is 1. The van der Waals surface area contributed by atoms with E-state index >= 15 is 8.78 Å². The number of rotatable bonds is 8. The van der Waals surface area contributed by atoms with Gasteiger partial charge in [-0.2, -0.15) is 0 Å². The number of benzene rings is 2. The molecule has 13 heteroatoms. The summed E-state index contributed by atoms with van der Waals surface area (Å²) in [5.41, 5.74) is 1.24. The van der Waals surface area contributed by atoms with Gasteiger partial charge in [0.25, 0.3) is 11.5 Å². The van der Waals surface area contributed by atoms with Crippen LogP contribution in [-0.4, -0.2) is 69.9 Å². The number of anilines is 1. The summed E-state index contributed by atoms with van der Waals surface area (Å²) < 4.78 is 44.5. The first-order chi connectivity index (χ1) is 22.1. The number of amides is 1. The first kappa shape index (κ1) is 30.7. The third-order valence-electron chi connectivity index (χ3n) is 8.33. The van der Waals surface area contributed by atoms with E-state index in [-0.39, 0.29) is 29.3 Å². The second-order valence-corrected chi connectivity index (χ2v) is 11.1. The minimum Gasteiger partial charge on any atom is -0.495 e. The zero-order valence-electron chi connectivity index (χ0n) is 25.3. The largest absolute Gasteiger partial charge is 0.495 e. The van der Waals surface area contributed by atoms with Gasteiger partial charge in [-0.15, -0.1) is 0 Å². The van der Waals surface area contributed by atoms with Crippen LogP contribution >= 0.6 is 0 Å². The highest BCUT2D eigenvalue weighted by atomic mass is 19.1. The van der Waals surface area contributed by atoms with Crippen LogP contribution in [0, 0.1) is 11.6 Å². The molecule has 11 nitrogen and oxygen atoms in total. The van der Waals surface area contributed by atoms with Crippen molar-refractivity contribution in [2.45, 2.75) is 25.4 Å². The smallest absolute Gasteiger partial charge is 0.326 e. The molecule has 2 N–H and O–H groups in total. The van der Waals surface area contributed by atoms with Crippen molar-refractivity contribution >= 4 is 34.1 Å². The average molecular weight is 632 g/mol. The van der Waals surface area contributed by atoms with E-state index in [1.54, 1.807) is 34.7 Å². The second kappa shape index (κ2) is 12.2. The lowest BCUT2D eigenvalue weighted by Crippen LogP contribution is -2.44. The lowest BCUT2D eigenvalue weighted by atomic mass is 10.0. The number of carboxylic acids is 1. The molecule has 0 unspecified atom stereocenters. The van der Waals surface area contributed by atoms with Crippen molar-refractivity contribution in [3.8, 4) is 16.9 Å². The Morgan fingerprint density at radius 1 is 1.17 bits per heavy atom. The number of pyridine rings is 2. The number of fused-ring (bicyclic) bond motifs is 2. The molecular weight excluding hydrogens is 600 g/mol. The predicted octanol–water partition coefficient (Wildman–Crippen LogP) is 3.79. The maximum absolute atomic E-state index is 15.2. The second-order valence-electron chi connectivity index (χ2n) is 11.1. The number of nitrogens with zero attached hydrogens (tertiary/aromatic N) is 4. The van der Waals surface area contributed by atoms with Gasteiger partial charge in [0.1, 0.15) is 34.6 Å². The minimum atomic E-state index is -1.55. The Morgan fingerprint density at radius 3 is 2.61 bits per heavy atom. The summed E-state index contributed by atoms with van der Waals surface area (Å²) in [4.78, 5) is 45.1. The molecule has 46 heavy (non-hydrogen) atoms. The van der Waals surface area contributed by atoms with Gasteiger partial charge in [0, 0.05) is 60.8 Å². The normalized spacial score (nSPS) is 15.7. The maximum atomic E-state index is 15.2. The van der Waals surface area contributed by atoms with Crippen molar-refractivity contribution in [1.29, 1.82) is 0 Å². The van der Waals surface area contributed by atoms with Crippen LogP contribution < -0.4 is 20.5 Å². The van der Waals surface area contributed by atoms with Crippen molar-refractivity contribution in [2.24, 2.45) is 7.05 Å². The third kappa shape index (κ3) is 5.32. The Balaban J connectivity index is 1.32. The summed E-state index contributed by atoms with van der Waals surface area (Å²) in [5.74, 6) is -4.46. The number of para-hydroxylation sites is 1. The summed E-state index contributed by atoms with van der Waals surface area (Å²) in [6.45, 7) is 3.07. The van der Waals surface area contributed by atoms with Gasteiger partial charge in [-0.05, 0) is 43.3 Å². The van der Waals surface area contributed by atoms with Crippen LogP contribution in [0.25, 0.3) is 27.7 Å². The van der Waals surface area contributed by atoms with Gasteiger partial charge in [0.15, 0.2) is 0 Å². The number of halogens is 2. The van der Waals surface area contributed by atoms with Gasteiger partial charge >= 0.3 is 5.97 Å². The summed E-state index contributed by atoms with van der Waals surface area (Å²) >= 11 is 0. The summed E-state index contributed by atoms with van der Waals surface area (Å²) in [5, 5.41) is 13.0. The van der Waals surface area contributed by atoms with Crippen LogP contribution in [0.2, 0.25) is 0 Å². The number of carbonyl (C=O) groups is 2. The molecule has 238 valence electrons. The molecule has 1 fully saturated rings. The summed E-state index contributed by atoms with van der Waals surface area (Å²) in [7, 11) is 3.14. The van der Waals surface area contributed by atoms with Gasteiger partial charge in [-0.25, -0.2) is 18.6 Å². The molecule has 2 aromatic carbocycles. The molecule has 0 saturated carbocycles. The summed E-state index contributed by atoms with van der Waals surface area (Å²) in [6, 6.07) is 11.0. The number of aliphatic carboxylic acids is 1. The number of carbonyl (C=O) groups excluding carboxylic acids is 1. The fraction of sp³-hybridized carbons (Fsp3) is 0.273. The Morgan fingerprint density at radius 2 is 1.91 bits per heavy atom. The molecule has 1 aliphatic rings. The first-order valence-corrected chi connectivity index (χ1v) is 14.6. The number of carboxylic acid groups (broad SMARTS) is 1. The number of imidazole rings is 1. The van der Waals surface area contributed by atoms with Crippen LogP contribution in [0.15, 0.2) is 65.7 Å². The van der Waals surface area contributed by atoms with E-state index in [0.29, 0.717) is 47.9 Å². The standard InChI is InChI=1S/C33H31F2N5O6/c1-18-17-46-13-12-39(18)20-14-23(34)28(24(35)15-20)31(41)37-25(33(43)44)16-19-8-9-22(30-36-10-11-40(19)30)27-29(45-3)21-6-4-5-7-26(21)38(2)32(27)42/h4-11,14-15,18,25H,12-13,16-17H2,1-3H3,(H,37,41)(H,43,44)/t18-,25+/m1/s1. The van der Waals surface area contributed by atoms with E-state index in [9.17, 15) is 19.5 Å². The number of hydrogen-bond acceptors (Lipinski definition) is 7. The van der Waals surface area contributed by atoms with Crippen LogP contribution in [0.1, 0.15) is 23.0 Å². The molecule has 2 atom stereocenters. The van der Waals surface area contributed by atoms with Crippen LogP contribution in [0.5, 0.6) is 5.75 Å². The molecule has 1 saturated heterocycles. The Kier molecular flexibility index (Phi) is 8.17. The maximum Gasteiger partial charge on any atom is 0.326 e. The highest BCUT2D eigenvalue weighted by molar-refractivity contribution is 5.98. The monoisotopic (exact) mass is 631 g/mol. The van der Waals surface area contributed by atoms with E-state index in [4.69, 9.17) is 9.47 Å². The van der Waals surface area contributed by atoms with Crippen molar-refractivity contribution < 1.29 is 33.0 Å². The molecule has 5 aromatic rings. The molecule has 1 aliphatic heterocycles. The minimum absolute atomic E-state index is 0.125. The SMILES string of the molecule is COc1c(-c2ccc(C[C@H](NC(=O)c3c(F)cc(N4CCOC[C@H]4C)cc3F)C(=O)O)n3ccnc23)c(=O)n(C)c2ccccc12. The lowest BCUT2D eigenvalue weighted by Gasteiger charge is -2.35. The van der Waals surface area contributed by atoms with Crippen molar-refractivity contribution in [1.82, 2.24) is 19.3 Å². The molecule has 0 spiro atoms. The number of aryl methyl sites for hydroxylation is 1. The number of aromatic nitrogens is 3. The average Bonchev–Trinajstić information content (AvgIpc) is 3.53. The van der Waals surface area contributed by atoms with E-state index in [1.165, 1.54) is 17.9 Å². The van der Waals surface area contributed by atoms with E-state index < -0.39 is 35.1 Å². The topological polar surface area (TPSA) is 127 Å². The molecular formula is C33H31F2N5O6. The Bertz CT molecular complexity index is 2040. The predicted molar refractivity (Wildman–Crippen MR) is 167 cm³/mol. The van der Waals surface area contributed by atoms with Gasteiger partial charge < -0.3 is 33.8 Å². The fourth-order valence-corrected chi connectivity index (χ4v) is 6.04. The van der Waals surface area contributed by atoms with E-state index in [0.717, 1.165) is 17.5 Å². The van der Waals surface area contributed by atoms with Gasteiger partial charge in [-0.3, -0.25) is 9.59 Å². The molecule has 0 radical (unpaired) electrons. The molecule has 3 aromatic heterocycles. The van der Waals surface area contributed by atoms with Crippen molar-refractivity contribution in [3.63, 3.8) is 0 Å². The fourth-order valence-electron chi connectivity index (χ4n) is 6.04. The van der Waals surface area contributed by atoms with Crippen LogP contribution in [-0.2, 0) is 23.0 Å². The zero-order valence-corrected chi connectivity index (χ0v) is 25.3. The van der Waals surface area contributed by atoms with Crippen LogP contribution in [0.4, 0.5) is 14.5 Å². The van der Waals surface area contributed by atoms with E-state index in [2.05, 4.69) is 10.3 Å². The highest BCUT2D eigenvalue weighted by Gasteiger charge is 2.29. The zero-order chi connectivity index (χ0) is 32.7. The first-order valence-electron chi connectivity index (χ1n) is 14.6. The Hall–Kier alpha value is -5.30. The third-order valence-corrected chi connectivity index (χ3v) is 8.33. The van der Waals surface area contributed by atoms with E-state index in [1.807, 2.05) is 31.2 Å². The number of hydrogen-bond donors (Lipinski definition) is 2. The molecule has 4 heterocycles. The molecule has 6 rings (SSSR count). The van der Waals surface area contributed by atoms with Gasteiger partial charge in [0.2, 0.25) is 0 Å². The number of ether oxygens (including phenoxy) is 2. The lowest BCUT2D eigenvalue weighted by molar-refractivity contribution is -0.139. The van der Waals surface area contributed by atoms with Gasteiger partial charge in [0.05, 0.1) is 31.4 Å². The number of methoxy groups -OCH3 is 1. The molecule has 1 amide bonds. The quantitative estimate of drug-likeness (QED) is 0.265. The van der Waals surface area contributed by atoms with Crippen LogP contribution in [0.3, 0.4) is 0 Å². The number of nitrogens with one attached hydrogen (secondary N) is 1.